The molecule has 26 heavy (non-hydrogen) atoms. The average molecular weight is 427 g/mol. The molecule has 0 fully saturated rings. The van der Waals surface area contributed by atoms with Gasteiger partial charge in [-0.15, -0.1) is 0 Å². The third kappa shape index (κ3) is 4.50. The molecule has 0 saturated heterocycles. The van der Waals surface area contributed by atoms with E-state index >= 15 is 0 Å². The normalized spacial score (nSPS) is 15.8. The van der Waals surface area contributed by atoms with E-state index in [0.717, 1.165) is 12.1 Å². The Labute approximate surface area is 158 Å². The van der Waals surface area contributed by atoms with E-state index in [9.17, 15) is 13.6 Å². The summed E-state index contributed by atoms with van der Waals surface area (Å²) in [5.74, 6) is -0.622. The van der Waals surface area contributed by atoms with Gasteiger partial charge in [-0.2, -0.15) is 0 Å². The Morgan fingerprint density at radius 1 is 1.31 bits per heavy atom. The predicted molar refractivity (Wildman–Crippen MR) is 96.5 cm³/mol. The molecule has 1 aliphatic heterocycles. The van der Waals surface area contributed by atoms with Gasteiger partial charge in [0.1, 0.15) is 18.5 Å². The summed E-state index contributed by atoms with van der Waals surface area (Å²) in [4.78, 5) is 13.9. The Kier molecular flexibility index (Phi) is 5.73. The molecule has 1 atom stereocenters. The summed E-state index contributed by atoms with van der Waals surface area (Å²) in [6.45, 7) is 0.848. The highest BCUT2D eigenvalue weighted by atomic mass is 79.9. The maximum absolute atomic E-state index is 13.8. The van der Waals surface area contributed by atoms with Gasteiger partial charge in [-0.05, 0) is 41.2 Å². The van der Waals surface area contributed by atoms with Gasteiger partial charge in [0.05, 0.1) is 12.2 Å². The first-order valence-corrected chi connectivity index (χ1v) is 8.73. The van der Waals surface area contributed by atoms with Gasteiger partial charge in [0.2, 0.25) is 5.91 Å². The van der Waals surface area contributed by atoms with E-state index in [1.165, 1.54) is 0 Å². The van der Waals surface area contributed by atoms with Crippen LogP contribution < -0.4 is 14.8 Å². The summed E-state index contributed by atoms with van der Waals surface area (Å²) in [7, 11) is 1.75. The fraction of sp³-hybridized carbons (Fsp3) is 0.278. The van der Waals surface area contributed by atoms with Crippen LogP contribution >= 0.6 is 15.9 Å². The number of ether oxygens (including phenoxy) is 2. The molecule has 1 heterocycles. The molecule has 2 aromatic rings. The van der Waals surface area contributed by atoms with Crippen LogP contribution in [-0.4, -0.2) is 43.7 Å². The van der Waals surface area contributed by atoms with Gasteiger partial charge in [-0.3, -0.25) is 9.69 Å². The molecule has 1 N–H and O–H groups in total. The minimum absolute atomic E-state index is 0.0186. The standard InChI is InChI=1S/C18H17BrF2N2O3/c1-23(8-12-10-25-15-4-2-3-5-16(15)26-12)9-17(24)22-18-13(19)6-11(20)7-14(18)21/h2-7,12H,8-10H2,1H3,(H,22,24). The van der Waals surface area contributed by atoms with Crippen molar-refractivity contribution in [3.8, 4) is 11.5 Å². The Balaban J connectivity index is 1.54. The number of fused-ring (bicyclic) bond motifs is 1. The van der Waals surface area contributed by atoms with Gasteiger partial charge >= 0.3 is 0 Å². The molecule has 1 amide bonds. The molecular formula is C18H17BrF2N2O3. The van der Waals surface area contributed by atoms with Crippen LogP contribution in [0.5, 0.6) is 11.5 Å². The number of anilines is 1. The van der Waals surface area contributed by atoms with Crippen molar-refractivity contribution in [1.29, 1.82) is 0 Å². The zero-order valence-corrected chi connectivity index (χ0v) is 15.6. The number of likely N-dealkylation sites (N-methyl/N-ethyl adjacent to an activating group) is 1. The summed E-state index contributed by atoms with van der Waals surface area (Å²) in [5.41, 5.74) is -0.0871. The highest BCUT2D eigenvalue weighted by Crippen LogP contribution is 2.31. The molecule has 2 aromatic carbocycles. The second-order valence-electron chi connectivity index (χ2n) is 5.99. The summed E-state index contributed by atoms with van der Waals surface area (Å²) >= 11 is 3.04. The summed E-state index contributed by atoms with van der Waals surface area (Å²) in [6, 6.07) is 9.19. The predicted octanol–water partition coefficient (Wildman–Crippen LogP) is 3.44. The highest BCUT2D eigenvalue weighted by Gasteiger charge is 2.23. The van der Waals surface area contributed by atoms with Crippen molar-refractivity contribution in [3.05, 3.63) is 52.5 Å². The molecule has 1 unspecified atom stereocenters. The van der Waals surface area contributed by atoms with Gasteiger partial charge < -0.3 is 14.8 Å². The first kappa shape index (κ1) is 18.6. The van der Waals surface area contributed by atoms with Crippen molar-refractivity contribution >= 4 is 27.5 Å². The molecule has 5 nitrogen and oxygen atoms in total. The van der Waals surface area contributed by atoms with Crippen LogP contribution in [0.25, 0.3) is 0 Å². The summed E-state index contributed by atoms with van der Waals surface area (Å²) in [6.07, 6.45) is -0.225. The minimum atomic E-state index is -0.839. The van der Waals surface area contributed by atoms with Gasteiger partial charge in [-0.25, -0.2) is 8.78 Å². The first-order valence-electron chi connectivity index (χ1n) is 7.94. The fourth-order valence-electron chi connectivity index (χ4n) is 2.65. The van der Waals surface area contributed by atoms with Crippen LogP contribution in [0.15, 0.2) is 40.9 Å². The molecule has 0 radical (unpaired) electrons. The number of rotatable bonds is 5. The van der Waals surface area contributed by atoms with E-state index in [1.807, 2.05) is 24.3 Å². The van der Waals surface area contributed by atoms with E-state index < -0.39 is 17.5 Å². The van der Waals surface area contributed by atoms with E-state index in [1.54, 1.807) is 11.9 Å². The molecule has 0 aromatic heterocycles. The third-order valence-corrected chi connectivity index (χ3v) is 4.39. The lowest BCUT2D eigenvalue weighted by atomic mass is 10.2. The molecule has 0 saturated carbocycles. The molecular weight excluding hydrogens is 410 g/mol. The van der Waals surface area contributed by atoms with E-state index in [4.69, 9.17) is 9.47 Å². The number of nitrogens with zero attached hydrogens (tertiary/aromatic N) is 1. The van der Waals surface area contributed by atoms with Crippen LogP contribution in [0.4, 0.5) is 14.5 Å². The molecule has 138 valence electrons. The molecule has 8 heteroatoms. The summed E-state index contributed by atoms with van der Waals surface area (Å²) < 4.78 is 38.5. The third-order valence-electron chi connectivity index (χ3n) is 3.77. The van der Waals surface area contributed by atoms with Crippen molar-refractivity contribution in [2.75, 3.05) is 32.1 Å². The summed E-state index contributed by atoms with van der Waals surface area (Å²) in [5, 5.41) is 2.45. The number of para-hydroxylation sites is 2. The Hall–Kier alpha value is -2.19. The lowest BCUT2D eigenvalue weighted by molar-refractivity contribution is -0.117. The minimum Gasteiger partial charge on any atom is -0.486 e. The number of benzene rings is 2. The van der Waals surface area contributed by atoms with E-state index in [-0.39, 0.29) is 22.8 Å². The van der Waals surface area contributed by atoms with Crippen LogP contribution in [0.2, 0.25) is 0 Å². The van der Waals surface area contributed by atoms with Gasteiger partial charge in [-0.1, -0.05) is 12.1 Å². The quantitative estimate of drug-likeness (QED) is 0.795. The number of halogens is 3. The lowest BCUT2D eigenvalue weighted by Crippen LogP contribution is -2.42. The number of hydrogen-bond acceptors (Lipinski definition) is 4. The Morgan fingerprint density at radius 2 is 2.04 bits per heavy atom. The lowest BCUT2D eigenvalue weighted by Gasteiger charge is -2.29. The Morgan fingerprint density at radius 3 is 2.77 bits per heavy atom. The topological polar surface area (TPSA) is 50.8 Å². The smallest absolute Gasteiger partial charge is 0.238 e. The maximum Gasteiger partial charge on any atom is 0.238 e. The fourth-order valence-corrected chi connectivity index (χ4v) is 3.16. The number of carbonyl (C=O) groups excluding carboxylic acids is 1. The van der Waals surface area contributed by atoms with Crippen molar-refractivity contribution in [2.24, 2.45) is 0 Å². The van der Waals surface area contributed by atoms with E-state index in [0.29, 0.717) is 24.7 Å². The largest absolute Gasteiger partial charge is 0.486 e. The van der Waals surface area contributed by atoms with Crippen LogP contribution in [0.3, 0.4) is 0 Å². The van der Waals surface area contributed by atoms with Crippen LogP contribution in [0.1, 0.15) is 0 Å². The molecule has 3 rings (SSSR count). The number of amides is 1. The monoisotopic (exact) mass is 426 g/mol. The highest BCUT2D eigenvalue weighted by molar-refractivity contribution is 9.10. The number of carbonyl (C=O) groups is 1. The number of nitrogens with one attached hydrogen (secondary N) is 1. The Bertz CT molecular complexity index is 796. The van der Waals surface area contributed by atoms with Crippen molar-refractivity contribution < 1.29 is 23.0 Å². The van der Waals surface area contributed by atoms with Gasteiger partial charge in [0.15, 0.2) is 17.3 Å². The molecule has 0 spiro atoms. The zero-order chi connectivity index (χ0) is 18.7. The number of hydrogen-bond donors (Lipinski definition) is 1. The zero-order valence-electron chi connectivity index (χ0n) is 14.0. The van der Waals surface area contributed by atoms with Crippen molar-refractivity contribution in [2.45, 2.75) is 6.10 Å². The second-order valence-corrected chi connectivity index (χ2v) is 6.84. The molecule has 0 aliphatic carbocycles. The van der Waals surface area contributed by atoms with Crippen LogP contribution in [0, 0.1) is 11.6 Å². The SMILES string of the molecule is CN(CC(=O)Nc1c(F)cc(F)cc1Br)CC1COc2ccccc2O1. The van der Waals surface area contributed by atoms with E-state index in [2.05, 4.69) is 21.2 Å². The maximum atomic E-state index is 13.8. The van der Waals surface area contributed by atoms with Crippen molar-refractivity contribution in [1.82, 2.24) is 4.90 Å². The average Bonchev–Trinajstić information content (AvgIpc) is 2.58. The van der Waals surface area contributed by atoms with Gasteiger partial charge in [0.25, 0.3) is 0 Å². The van der Waals surface area contributed by atoms with Crippen LogP contribution in [-0.2, 0) is 4.79 Å². The van der Waals surface area contributed by atoms with Gasteiger partial charge in [0, 0.05) is 17.1 Å². The van der Waals surface area contributed by atoms with Crippen molar-refractivity contribution in [3.63, 3.8) is 0 Å². The molecule has 0 bridgehead atoms. The second kappa shape index (κ2) is 8.01. The molecule has 1 aliphatic rings. The first-order chi connectivity index (χ1) is 12.4.